The van der Waals surface area contributed by atoms with Gasteiger partial charge in [-0.1, -0.05) is 27.2 Å². The number of carbonyl (C=O) groups is 1. The van der Waals surface area contributed by atoms with E-state index in [1.807, 2.05) is 20.8 Å². The van der Waals surface area contributed by atoms with Gasteiger partial charge in [-0.3, -0.25) is 14.6 Å². The molecule has 0 saturated carbocycles. The number of aromatic nitrogens is 4. The summed E-state index contributed by atoms with van der Waals surface area (Å²) in [4.78, 5) is 39.4. The van der Waals surface area contributed by atoms with Crippen molar-refractivity contribution in [2.75, 3.05) is 18.2 Å². The van der Waals surface area contributed by atoms with E-state index in [2.05, 4.69) is 19.9 Å². The number of nitrogens with two attached hydrogens (primary N) is 1. The third-order valence-corrected chi connectivity index (χ3v) is 3.72. The minimum atomic E-state index is -0.682. The molecular weight excluding hydrogens is 312 g/mol. The number of aromatic amines is 2. The highest BCUT2D eigenvalue weighted by Crippen LogP contribution is 2.11. The van der Waals surface area contributed by atoms with Gasteiger partial charge in [-0.05, 0) is 12.3 Å². The molecule has 2 aromatic rings. The average molecular weight is 336 g/mol. The number of hydrogen-bond donors (Lipinski definition) is 3. The van der Waals surface area contributed by atoms with E-state index >= 15 is 0 Å². The summed E-state index contributed by atoms with van der Waals surface area (Å²) < 4.78 is 5.28. The van der Waals surface area contributed by atoms with E-state index in [4.69, 9.17) is 10.5 Å². The number of nitrogens with one attached hydrogen (secondary N) is 2. The second-order valence-electron chi connectivity index (χ2n) is 5.97. The van der Waals surface area contributed by atoms with Crippen LogP contribution in [0.15, 0.2) is 11.1 Å². The van der Waals surface area contributed by atoms with Crippen molar-refractivity contribution in [1.29, 1.82) is 0 Å². The highest BCUT2D eigenvalue weighted by Gasteiger charge is 2.21. The van der Waals surface area contributed by atoms with Gasteiger partial charge < -0.3 is 20.4 Å². The second-order valence-corrected chi connectivity index (χ2v) is 5.97. The van der Waals surface area contributed by atoms with E-state index in [1.54, 1.807) is 4.90 Å². The van der Waals surface area contributed by atoms with E-state index in [1.165, 1.54) is 6.33 Å². The van der Waals surface area contributed by atoms with Crippen LogP contribution in [-0.4, -0.2) is 45.2 Å². The van der Waals surface area contributed by atoms with Crippen molar-refractivity contribution in [1.82, 2.24) is 19.9 Å². The Hall–Kier alpha value is -2.42. The van der Waals surface area contributed by atoms with Gasteiger partial charge in [0.1, 0.15) is 6.04 Å². The number of hydrogen-bond acceptors (Lipinski definition) is 7. The van der Waals surface area contributed by atoms with E-state index in [0.29, 0.717) is 23.7 Å². The number of unbranched alkanes of at least 4 members (excludes halogenated alkanes) is 1. The maximum Gasteiger partial charge on any atom is 0.324 e. The highest BCUT2D eigenvalue weighted by molar-refractivity contribution is 5.76. The first-order chi connectivity index (χ1) is 11.4. The van der Waals surface area contributed by atoms with Gasteiger partial charge in [-0.15, -0.1) is 0 Å². The summed E-state index contributed by atoms with van der Waals surface area (Å²) in [5.74, 6) is -0.173. The molecule has 0 aliphatic carbocycles. The number of fused-ring (bicyclic) bond motifs is 1. The fraction of sp³-hybridized carbons (Fsp3) is 0.600. The summed E-state index contributed by atoms with van der Waals surface area (Å²) in [7, 11) is 0. The Morgan fingerprint density at radius 3 is 2.88 bits per heavy atom. The molecule has 0 bridgehead atoms. The molecule has 0 radical (unpaired) electrons. The summed E-state index contributed by atoms with van der Waals surface area (Å²) in [6.45, 7) is 6.31. The minimum absolute atomic E-state index is 0.0140. The number of ether oxygens (including phenoxy) is 1. The van der Waals surface area contributed by atoms with E-state index in [-0.39, 0.29) is 18.2 Å². The molecule has 0 amide bonds. The van der Waals surface area contributed by atoms with E-state index in [9.17, 15) is 9.59 Å². The van der Waals surface area contributed by atoms with Crippen LogP contribution in [-0.2, 0) is 9.53 Å². The molecule has 24 heavy (non-hydrogen) atoms. The van der Waals surface area contributed by atoms with Gasteiger partial charge in [-0.2, -0.15) is 4.98 Å². The Labute approximate surface area is 139 Å². The zero-order valence-electron chi connectivity index (χ0n) is 14.2. The van der Waals surface area contributed by atoms with Crippen LogP contribution in [0.3, 0.4) is 0 Å². The third kappa shape index (κ3) is 4.10. The predicted molar refractivity (Wildman–Crippen MR) is 90.5 cm³/mol. The molecule has 0 aliphatic rings. The van der Waals surface area contributed by atoms with Gasteiger partial charge in [-0.25, -0.2) is 4.98 Å². The van der Waals surface area contributed by atoms with Gasteiger partial charge >= 0.3 is 5.97 Å². The molecule has 9 heteroatoms. The first kappa shape index (κ1) is 17.9. The van der Waals surface area contributed by atoms with E-state index in [0.717, 1.165) is 12.8 Å². The molecule has 2 heterocycles. The maximum atomic E-state index is 12.1. The summed E-state index contributed by atoms with van der Waals surface area (Å²) in [6.07, 6.45) is 3.22. The van der Waals surface area contributed by atoms with Crippen LogP contribution in [0.25, 0.3) is 11.2 Å². The standard InChI is InChI=1S/C15H24N6O3/c1-4-5-6-21(8-24-14(23)10(16)9(2)3)15-19-12-11(13(22)20-15)17-7-18-12/h7,9-10H,4-6,8,16H2,1-3H3,(H2,17,18,19,20,22)/t10-/m0/s1. The molecule has 0 fully saturated rings. The van der Waals surface area contributed by atoms with Gasteiger partial charge in [0.25, 0.3) is 5.56 Å². The smallest absolute Gasteiger partial charge is 0.324 e. The Morgan fingerprint density at radius 1 is 1.46 bits per heavy atom. The normalized spacial score (nSPS) is 12.5. The molecule has 132 valence electrons. The Kier molecular flexibility index (Phi) is 5.91. The molecule has 0 unspecified atom stereocenters. The van der Waals surface area contributed by atoms with Crippen LogP contribution in [0, 0.1) is 5.92 Å². The van der Waals surface area contributed by atoms with Crippen molar-refractivity contribution in [2.45, 2.75) is 39.7 Å². The topological polar surface area (TPSA) is 130 Å². The van der Waals surface area contributed by atoms with Crippen LogP contribution >= 0.6 is 0 Å². The van der Waals surface area contributed by atoms with Gasteiger partial charge in [0.15, 0.2) is 17.9 Å². The van der Waals surface area contributed by atoms with Crippen LogP contribution in [0.4, 0.5) is 5.95 Å². The molecule has 1 atom stereocenters. The zero-order chi connectivity index (χ0) is 17.7. The summed E-state index contributed by atoms with van der Waals surface area (Å²) in [5, 5.41) is 0. The zero-order valence-corrected chi connectivity index (χ0v) is 14.2. The second kappa shape index (κ2) is 7.91. The lowest BCUT2D eigenvalue weighted by atomic mass is 10.1. The van der Waals surface area contributed by atoms with Crippen molar-refractivity contribution in [3.8, 4) is 0 Å². The maximum absolute atomic E-state index is 12.1. The molecule has 0 aromatic carbocycles. The average Bonchev–Trinajstić information content (AvgIpc) is 3.02. The van der Waals surface area contributed by atoms with Crippen molar-refractivity contribution >= 4 is 23.1 Å². The van der Waals surface area contributed by atoms with Crippen molar-refractivity contribution in [3.63, 3.8) is 0 Å². The fourth-order valence-corrected chi connectivity index (χ4v) is 2.07. The van der Waals surface area contributed by atoms with Crippen molar-refractivity contribution in [3.05, 3.63) is 16.7 Å². The predicted octanol–water partition coefficient (Wildman–Crippen LogP) is 0.737. The molecule has 2 aromatic heterocycles. The lowest BCUT2D eigenvalue weighted by Crippen LogP contribution is -2.40. The number of anilines is 1. The SMILES string of the molecule is CCCCN(COC(=O)[C@@H](N)C(C)C)c1nc2nc[nH]c2c(=O)[nH]1. The molecule has 0 spiro atoms. The quantitative estimate of drug-likeness (QED) is 0.478. The van der Waals surface area contributed by atoms with E-state index < -0.39 is 12.0 Å². The van der Waals surface area contributed by atoms with Crippen molar-refractivity contribution < 1.29 is 9.53 Å². The molecule has 0 aliphatic heterocycles. The van der Waals surface area contributed by atoms with Crippen LogP contribution in [0.2, 0.25) is 0 Å². The number of imidazole rings is 1. The Morgan fingerprint density at radius 2 is 2.21 bits per heavy atom. The third-order valence-electron chi connectivity index (χ3n) is 3.72. The molecular formula is C15H24N6O3. The number of carbonyl (C=O) groups excluding carboxylic acids is 1. The highest BCUT2D eigenvalue weighted by atomic mass is 16.5. The molecule has 9 nitrogen and oxygen atoms in total. The summed E-state index contributed by atoms with van der Waals surface area (Å²) >= 11 is 0. The van der Waals surface area contributed by atoms with Gasteiger partial charge in [0.05, 0.1) is 6.33 Å². The fourth-order valence-electron chi connectivity index (χ4n) is 2.07. The monoisotopic (exact) mass is 336 g/mol. The van der Waals surface area contributed by atoms with Crippen LogP contribution < -0.4 is 16.2 Å². The minimum Gasteiger partial charge on any atom is -0.443 e. The Bertz CT molecular complexity index is 738. The number of nitrogens with zero attached hydrogens (tertiary/aromatic N) is 3. The molecule has 4 N–H and O–H groups in total. The number of H-pyrrole nitrogens is 2. The lowest BCUT2D eigenvalue weighted by Gasteiger charge is -2.23. The summed E-state index contributed by atoms with van der Waals surface area (Å²) in [5.41, 5.74) is 6.10. The number of esters is 1. The summed E-state index contributed by atoms with van der Waals surface area (Å²) in [6, 6.07) is -0.682. The van der Waals surface area contributed by atoms with Crippen LogP contribution in [0.5, 0.6) is 0 Å². The Balaban J connectivity index is 2.17. The van der Waals surface area contributed by atoms with Gasteiger partial charge in [0.2, 0.25) is 5.95 Å². The number of rotatable bonds is 8. The first-order valence-corrected chi connectivity index (χ1v) is 8.04. The first-order valence-electron chi connectivity index (χ1n) is 8.04. The van der Waals surface area contributed by atoms with Crippen molar-refractivity contribution in [2.24, 2.45) is 11.7 Å². The lowest BCUT2D eigenvalue weighted by molar-refractivity contribution is -0.146. The van der Waals surface area contributed by atoms with Gasteiger partial charge in [0, 0.05) is 6.54 Å². The largest absolute Gasteiger partial charge is 0.443 e. The molecule has 2 rings (SSSR count). The van der Waals surface area contributed by atoms with Crippen LogP contribution in [0.1, 0.15) is 33.6 Å². The molecule has 0 saturated heterocycles.